The molecule has 0 unspecified atom stereocenters. The minimum atomic E-state index is -0.0317. The normalized spacial score (nSPS) is 20.0. The third-order valence-corrected chi connectivity index (χ3v) is 3.13. The van der Waals surface area contributed by atoms with Crippen molar-refractivity contribution in [3.8, 4) is 5.75 Å². The molecular formula is C12H21N3O. The van der Waals surface area contributed by atoms with Crippen molar-refractivity contribution in [2.75, 3.05) is 13.1 Å². The smallest absolute Gasteiger partial charge is 0.158 e. The molecule has 0 atom stereocenters. The highest BCUT2D eigenvalue weighted by molar-refractivity contribution is 5.14. The van der Waals surface area contributed by atoms with E-state index in [1.54, 1.807) is 0 Å². The molecule has 0 spiro atoms. The number of nitrogens with zero attached hydrogens (tertiary/aromatic N) is 2. The summed E-state index contributed by atoms with van der Waals surface area (Å²) in [6.07, 6.45) is 5.91. The largest absolute Gasteiger partial charge is 0.484 e. The van der Waals surface area contributed by atoms with Gasteiger partial charge in [0.05, 0.1) is 12.4 Å². The topological polar surface area (TPSA) is 39.1 Å². The highest BCUT2D eigenvalue weighted by atomic mass is 16.5. The first kappa shape index (κ1) is 11.5. The van der Waals surface area contributed by atoms with Gasteiger partial charge >= 0.3 is 0 Å². The highest BCUT2D eigenvalue weighted by Crippen LogP contribution is 2.25. The van der Waals surface area contributed by atoms with Crippen LogP contribution in [0.2, 0.25) is 0 Å². The quantitative estimate of drug-likeness (QED) is 0.851. The molecule has 1 aliphatic rings. The fraction of sp³-hybridized carbons (Fsp3) is 0.750. The van der Waals surface area contributed by atoms with Gasteiger partial charge in [0, 0.05) is 6.04 Å². The van der Waals surface area contributed by atoms with Gasteiger partial charge in [0.15, 0.2) is 5.75 Å². The Labute approximate surface area is 97.0 Å². The van der Waals surface area contributed by atoms with Crippen LogP contribution in [-0.2, 0) is 0 Å². The van der Waals surface area contributed by atoms with Crippen LogP contribution in [0.4, 0.5) is 0 Å². The number of piperidine rings is 1. The number of ether oxygens (including phenoxy) is 1. The third kappa shape index (κ3) is 2.55. The molecule has 1 fully saturated rings. The standard InChI is InChI=1S/C12H21N3O/c1-10(2)15-9-11(8-14-15)16-12(3)4-6-13-7-5-12/h8-10,13H,4-7H2,1-3H3. The van der Waals surface area contributed by atoms with Crippen LogP contribution in [0.1, 0.15) is 39.7 Å². The Morgan fingerprint density at radius 2 is 2.12 bits per heavy atom. The molecular weight excluding hydrogens is 202 g/mol. The van der Waals surface area contributed by atoms with Crippen LogP contribution in [0.25, 0.3) is 0 Å². The van der Waals surface area contributed by atoms with E-state index in [1.807, 2.05) is 17.1 Å². The van der Waals surface area contributed by atoms with Crippen molar-refractivity contribution in [3.63, 3.8) is 0 Å². The summed E-state index contributed by atoms with van der Waals surface area (Å²) in [4.78, 5) is 0. The molecule has 4 heteroatoms. The van der Waals surface area contributed by atoms with Gasteiger partial charge in [-0.3, -0.25) is 4.68 Å². The van der Waals surface area contributed by atoms with Gasteiger partial charge < -0.3 is 10.1 Å². The van der Waals surface area contributed by atoms with E-state index in [1.165, 1.54) is 0 Å². The summed E-state index contributed by atoms with van der Waals surface area (Å²) in [6.45, 7) is 8.48. The van der Waals surface area contributed by atoms with Gasteiger partial charge in [0.2, 0.25) is 0 Å². The molecule has 0 aromatic carbocycles. The van der Waals surface area contributed by atoms with Crippen LogP contribution in [0.5, 0.6) is 5.75 Å². The van der Waals surface area contributed by atoms with Crippen LogP contribution >= 0.6 is 0 Å². The summed E-state index contributed by atoms with van der Waals surface area (Å²) in [5.74, 6) is 0.887. The summed E-state index contributed by atoms with van der Waals surface area (Å²) in [7, 11) is 0. The molecule has 1 aromatic heterocycles. The second kappa shape index (κ2) is 4.45. The van der Waals surface area contributed by atoms with Gasteiger partial charge in [-0.05, 0) is 46.7 Å². The maximum Gasteiger partial charge on any atom is 0.158 e. The van der Waals surface area contributed by atoms with Gasteiger partial charge in [0.25, 0.3) is 0 Å². The lowest BCUT2D eigenvalue weighted by Gasteiger charge is -2.34. The molecule has 4 nitrogen and oxygen atoms in total. The number of hydrogen-bond acceptors (Lipinski definition) is 3. The molecule has 0 bridgehead atoms. The molecule has 1 saturated heterocycles. The van der Waals surface area contributed by atoms with Gasteiger partial charge in [-0.15, -0.1) is 0 Å². The molecule has 0 aliphatic carbocycles. The minimum absolute atomic E-state index is 0.0317. The van der Waals surface area contributed by atoms with E-state index in [0.29, 0.717) is 6.04 Å². The van der Waals surface area contributed by atoms with Crippen LogP contribution in [0, 0.1) is 0 Å². The second-order valence-electron chi connectivity index (χ2n) is 5.05. The average molecular weight is 223 g/mol. The van der Waals surface area contributed by atoms with E-state index in [0.717, 1.165) is 31.7 Å². The lowest BCUT2D eigenvalue weighted by atomic mass is 9.94. The van der Waals surface area contributed by atoms with Crippen molar-refractivity contribution >= 4 is 0 Å². The Kier molecular flexibility index (Phi) is 3.19. The molecule has 0 amide bonds. The Morgan fingerprint density at radius 3 is 2.69 bits per heavy atom. The first-order chi connectivity index (χ1) is 7.59. The summed E-state index contributed by atoms with van der Waals surface area (Å²) in [5, 5.41) is 7.64. The third-order valence-electron chi connectivity index (χ3n) is 3.13. The van der Waals surface area contributed by atoms with E-state index in [-0.39, 0.29) is 5.60 Å². The van der Waals surface area contributed by atoms with Crippen molar-refractivity contribution in [3.05, 3.63) is 12.4 Å². The van der Waals surface area contributed by atoms with Crippen molar-refractivity contribution in [1.29, 1.82) is 0 Å². The molecule has 2 rings (SSSR count). The van der Waals surface area contributed by atoms with Gasteiger partial charge in [0.1, 0.15) is 5.60 Å². The first-order valence-corrected chi connectivity index (χ1v) is 6.03. The van der Waals surface area contributed by atoms with Crippen LogP contribution < -0.4 is 10.1 Å². The first-order valence-electron chi connectivity index (χ1n) is 6.03. The Morgan fingerprint density at radius 1 is 1.44 bits per heavy atom. The lowest BCUT2D eigenvalue weighted by molar-refractivity contribution is 0.0554. The second-order valence-corrected chi connectivity index (χ2v) is 5.05. The van der Waals surface area contributed by atoms with Crippen LogP contribution in [-0.4, -0.2) is 28.5 Å². The molecule has 1 aliphatic heterocycles. The minimum Gasteiger partial charge on any atom is -0.484 e. The van der Waals surface area contributed by atoms with Crippen molar-refractivity contribution in [2.24, 2.45) is 0 Å². The lowest BCUT2D eigenvalue weighted by Crippen LogP contribution is -2.43. The zero-order chi connectivity index (χ0) is 11.6. The van der Waals surface area contributed by atoms with E-state index < -0.39 is 0 Å². The summed E-state index contributed by atoms with van der Waals surface area (Å²) < 4.78 is 7.98. The SMILES string of the molecule is CC(C)n1cc(OC2(C)CCNCC2)cn1. The molecule has 0 radical (unpaired) electrons. The maximum absolute atomic E-state index is 6.05. The number of hydrogen-bond donors (Lipinski definition) is 1. The Bertz CT molecular complexity index is 340. The number of nitrogens with one attached hydrogen (secondary N) is 1. The van der Waals surface area contributed by atoms with E-state index in [4.69, 9.17) is 4.74 Å². The van der Waals surface area contributed by atoms with E-state index >= 15 is 0 Å². The van der Waals surface area contributed by atoms with Crippen molar-refractivity contribution in [2.45, 2.75) is 45.3 Å². The zero-order valence-electron chi connectivity index (χ0n) is 10.4. The molecule has 0 saturated carbocycles. The summed E-state index contributed by atoms with van der Waals surface area (Å²) >= 11 is 0. The number of rotatable bonds is 3. The fourth-order valence-corrected chi connectivity index (χ4v) is 2.00. The molecule has 2 heterocycles. The van der Waals surface area contributed by atoms with Gasteiger partial charge in [-0.2, -0.15) is 5.10 Å². The summed E-state index contributed by atoms with van der Waals surface area (Å²) in [5.41, 5.74) is -0.0317. The van der Waals surface area contributed by atoms with Crippen LogP contribution in [0.15, 0.2) is 12.4 Å². The molecule has 1 aromatic rings. The van der Waals surface area contributed by atoms with Crippen LogP contribution in [0.3, 0.4) is 0 Å². The monoisotopic (exact) mass is 223 g/mol. The van der Waals surface area contributed by atoms with E-state index in [9.17, 15) is 0 Å². The Hall–Kier alpha value is -1.03. The fourth-order valence-electron chi connectivity index (χ4n) is 2.00. The molecule has 90 valence electrons. The summed E-state index contributed by atoms with van der Waals surface area (Å²) in [6, 6.07) is 0.387. The van der Waals surface area contributed by atoms with Gasteiger partial charge in [-0.1, -0.05) is 0 Å². The van der Waals surface area contributed by atoms with Gasteiger partial charge in [-0.25, -0.2) is 0 Å². The maximum atomic E-state index is 6.05. The van der Waals surface area contributed by atoms with E-state index in [2.05, 4.69) is 31.2 Å². The zero-order valence-corrected chi connectivity index (χ0v) is 10.4. The molecule has 16 heavy (non-hydrogen) atoms. The predicted molar refractivity (Wildman–Crippen MR) is 63.7 cm³/mol. The number of aromatic nitrogens is 2. The Balaban J connectivity index is 2.02. The molecule has 1 N–H and O–H groups in total. The van der Waals surface area contributed by atoms with Crippen molar-refractivity contribution < 1.29 is 4.74 Å². The highest BCUT2D eigenvalue weighted by Gasteiger charge is 2.29. The average Bonchev–Trinajstić information content (AvgIpc) is 2.66. The predicted octanol–water partition coefficient (Wildman–Crippen LogP) is 1.98. The van der Waals surface area contributed by atoms with Crippen molar-refractivity contribution in [1.82, 2.24) is 15.1 Å².